The highest BCUT2D eigenvalue weighted by atomic mass is 16.5. The lowest BCUT2D eigenvalue weighted by Gasteiger charge is -2.39. The minimum absolute atomic E-state index is 0.0643. The monoisotopic (exact) mass is 424 g/mol. The van der Waals surface area contributed by atoms with Crippen molar-refractivity contribution in [2.45, 2.75) is 45.7 Å². The maximum atomic E-state index is 13.4. The molecule has 2 aromatic rings. The molecule has 7 nitrogen and oxygen atoms in total. The lowest BCUT2D eigenvalue weighted by atomic mass is 9.99. The van der Waals surface area contributed by atoms with E-state index in [9.17, 15) is 14.4 Å². The Bertz CT molecular complexity index is 961. The predicted octanol–water partition coefficient (Wildman–Crippen LogP) is 3.67. The number of amides is 3. The summed E-state index contributed by atoms with van der Waals surface area (Å²) in [4.78, 5) is 42.1. The normalized spacial score (nSPS) is 16.4. The number of carbonyl (C=O) groups is 3. The molecule has 1 fully saturated rings. The molecular weight excluding hydrogens is 396 g/mol. The second kappa shape index (κ2) is 8.79. The van der Waals surface area contributed by atoms with Crippen molar-refractivity contribution < 1.29 is 23.9 Å². The number of methoxy groups -OCH3 is 1. The van der Waals surface area contributed by atoms with Gasteiger partial charge < -0.3 is 14.4 Å². The number of imide groups is 1. The van der Waals surface area contributed by atoms with Crippen LogP contribution >= 0.6 is 0 Å². The Morgan fingerprint density at radius 3 is 2.13 bits per heavy atom. The van der Waals surface area contributed by atoms with E-state index in [2.05, 4.69) is 0 Å². The molecule has 164 valence electrons. The largest absolute Gasteiger partial charge is 0.497 e. The molecule has 1 heterocycles. The first-order valence-electron chi connectivity index (χ1n) is 10.2. The standard InChI is InChI=1S/C24H28N2O5/c1-6-31-19-13-9-17(10-14-19)25-21(27)15-20(23(25)29)26(24(2,3)4)22(28)16-7-11-18(30-5)12-8-16/h7-14,20H,6,15H2,1-5H3. The number of benzene rings is 2. The molecule has 3 rings (SSSR count). The molecule has 1 saturated heterocycles. The summed E-state index contributed by atoms with van der Waals surface area (Å²) in [5.41, 5.74) is 0.217. The van der Waals surface area contributed by atoms with Crippen LogP contribution in [0.3, 0.4) is 0 Å². The van der Waals surface area contributed by atoms with Crippen molar-refractivity contribution in [2.75, 3.05) is 18.6 Å². The number of nitrogens with zero attached hydrogens (tertiary/aromatic N) is 2. The third-order valence-corrected chi connectivity index (χ3v) is 5.12. The quantitative estimate of drug-likeness (QED) is 0.662. The van der Waals surface area contributed by atoms with Gasteiger partial charge in [-0.2, -0.15) is 0 Å². The van der Waals surface area contributed by atoms with Gasteiger partial charge in [0.15, 0.2) is 0 Å². The second-order valence-corrected chi connectivity index (χ2v) is 8.29. The molecule has 7 heteroatoms. The smallest absolute Gasteiger partial charge is 0.257 e. The van der Waals surface area contributed by atoms with Crippen LogP contribution in [0.1, 0.15) is 44.5 Å². The molecule has 0 radical (unpaired) electrons. The van der Waals surface area contributed by atoms with Crippen molar-refractivity contribution in [2.24, 2.45) is 0 Å². The Labute approximate surface area is 182 Å². The average Bonchev–Trinajstić information content (AvgIpc) is 3.01. The number of hydrogen-bond acceptors (Lipinski definition) is 5. The van der Waals surface area contributed by atoms with Crippen LogP contribution < -0.4 is 14.4 Å². The van der Waals surface area contributed by atoms with Crippen LogP contribution in [0.25, 0.3) is 0 Å². The Kier molecular flexibility index (Phi) is 6.34. The molecule has 0 aromatic heterocycles. The summed E-state index contributed by atoms with van der Waals surface area (Å²) in [5, 5.41) is 0. The molecule has 3 amide bonds. The maximum Gasteiger partial charge on any atom is 0.257 e. The first-order chi connectivity index (χ1) is 14.7. The van der Waals surface area contributed by atoms with Crippen LogP contribution in [0.4, 0.5) is 5.69 Å². The van der Waals surface area contributed by atoms with E-state index >= 15 is 0 Å². The first-order valence-corrected chi connectivity index (χ1v) is 10.2. The van der Waals surface area contributed by atoms with E-state index in [1.807, 2.05) is 27.7 Å². The molecule has 31 heavy (non-hydrogen) atoms. The highest BCUT2D eigenvalue weighted by Crippen LogP contribution is 2.32. The fraction of sp³-hybridized carbons (Fsp3) is 0.375. The van der Waals surface area contributed by atoms with E-state index in [0.29, 0.717) is 29.4 Å². The number of rotatable bonds is 6. The zero-order valence-electron chi connectivity index (χ0n) is 18.5. The molecule has 1 unspecified atom stereocenters. The number of anilines is 1. The fourth-order valence-electron chi connectivity index (χ4n) is 3.73. The Balaban J connectivity index is 1.91. The lowest BCUT2D eigenvalue weighted by Crippen LogP contribution is -2.54. The highest BCUT2D eigenvalue weighted by molar-refractivity contribution is 6.23. The van der Waals surface area contributed by atoms with Crippen molar-refractivity contribution in [3.8, 4) is 11.5 Å². The third-order valence-electron chi connectivity index (χ3n) is 5.12. The molecule has 1 aliphatic heterocycles. The zero-order chi connectivity index (χ0) is 22.8. The van der Waals surface area contributed by atoms with Gasteiger partial charge in [-0.05, 0) is 76.2 Å². The van der Waals surface area contributed by atoms with E-state index in [1.54, 1.807) is 55.6 Å². The van der Waals surface area contributed by atoms with Gasteiger partial charge in [0.05, 0.1) is 25.8 Å². The van der Waals surface area contributed by atoms with Crippen molar-refractivity contribution in [3.05, 3.63) is 54.1 Å². The summed E-state index contributed by atoms with van der Waals surface area (Å²) in [6.45, 7) is 7.97. The van der Waals surface area contributed by atoms with E-state index in [1.165, 1.54) is 4.90 Å². The van der Waals surface area contributed by atoms with E-state index in [4.69, 9.17) is 9.47 Å². The van der Waals surface area contributed by atoms with E-state index in [0.717, 1.165) is 4.90 Å². The van der Waals surface area contributed by atoms with Crippen molar-refractivity contribution >= 4 is 23.4 Å². The fourth-order valence-corrected chi connectivity index (χ4v) is 3.73. The van der Waals surface area contributed by atoms with Crippen LogP contribution in [0.2, 0.25) is 0 Å². The summed E-state index contributed by atoms with van der Waals surface area (Å²) in [5.74, 6) is 0.234. The van der Waals surface area contributed by atoms with Crippen molar-refractivity contribution in [1.82, 2.24) is 4.90 Å². The Morgan fingerprint density at radius 2 is 1.61 bits per heavy atom. The Hall–Kier alpha value is -3.35. The first kappa shape index (κ1) is 22.3. The number of hydrogen-bond donors (Lipinski definition) is 0. The van der Waals surface area contributed by atoms with Crippen LogP contribution in [0, 0.1) is 0 Å². The van der Waals surface area contributed by atoms with Crippen LogP contribution in [-0.2, 0) is 9.59 Å². The van der Waals surface area contributed by atoms with Crippen LogP contribution in [0.5, 0.6) is 11.5 Å². The van der Waals surface area contributed by atoms with Gasteiger partial charge >= 0.3 is 0 Å². The molecule has 0 spiro atoms. The van der Waals surface area contributed by atoms with Gasteiger partial charge in [-0.3, -0.25) is 14.4 Å². The highest BCUT2D eigenvalue weighted by Gasteiger charge is 2.47. The summed E-state index contributed by atoms with van der Waals surface area (Å²) < 4.78 is 10.6. The van der Waals surface area contributed by atoms with Gasteiger partial charge in [-0.25, -0.2) is 4.90 Å². The molecule has 0 N–H and O–H groups in total. The summed E-state index contributed by atoms with van der Waals surface area (Å²) >= 11 is 0. The van der Waals surface area contributed by atoms with E-state index in [-0.39, 0.29) is 18.2 Å². The molecule has 1 atom stereocenters. The van der Waals surface area contributed by atoms with Gasteiger partial charge in [-0.1, -0.05) is 0 Å². The van der Waals surface area contributed by atoms with Gasteiger partial charge in [0, 0.05) is 11.1 Å². The van der Waals surface area contributed by atoms with Gasteiger partial charge in [-0.15, -0.1) is 0 Å². The molecule has 1 aliphatic rings. The lowest BCUT2D eigenvalue weighted by molar-refractivity contribution is -0.123. The Morgan fingerprint density at radius 1 is 1.03 bits per heavy atom. The number of carbonyl (C=O) groups excluding carboxylic acids is 3. The topological polar surface area (TPSA) is 76.2 Å². The summed E-state index contributed by atoms with van der Waals surface area (Å²) in [6.07, 6.45) is -0.0643. The minimum atomic E-state index is -0.881. The van der Waals surface area contributed by atoms with Crippen LogP contribution in [0.15, 0.2) is 48.5 Å². The third kappa shape index (κ3) is 4.55. The van der Waals surface area contributed by atoms with Crippen molar-refractivity contribution in [3.63, 3.8) is 0 Å². The molecule has 0 saturated carbocycles. The minimum Gasteiger partial charge on any atom is -0.497 e. The zero-order valence-corrected chi connectivity index (χ0v) is 18.5. The summed E-state index contributed by atoms with van der Waals surface area (Å²) in [7, 11) is 1.55. The van der Waals surface area contributed by atoms with Gasteiger partial charge in [0.25, 0.3) is 11.8 Å². The molecular formula is C24H28N2O5. The summed E-state index contributed by atoms with van der Waals surface area (Å²) in [6, 6.07) is 12.6. The molecule has 2 aromatic carbocycles. The van der Waals surface area contributed by atoms with Gasteiger partial charge in [0.2, 0.25) is 5.91 Å². The maximum absolute atomic E-state index is 13.4. The second-order valence-electron chi connectivity index (χ2n) is 8.29. The SMILES string of the molecule is CCOc1ccc(N2C(=O)CC(N(C(=O)c3ccc(OC)cc3)C(C)(C)C)C2=O)cc1. The van der Waals surface area contributed by atoms with Gasteiger partial charge in [0.1, 0.15) is 17.5 Å². The van der Waals surface area contributed by atoms with Crippen LogP contribution in [-0.4, -0.2) is 47.9 Å². The molecule has 0 aliphatic carbocycles. The predicted molar refractivity (Wildman–Crippen MR) is 117 cm³/mol. The number of ether oxygens (including phenoxy) is 2. The van der Waals surface area contributed by atoms with Crippen molar-refractivity contribution in [1.29, 1.82) is 0 Å². The molecule has 0 bridgehead atoms. The van der Waals surface area contributed by atoms with E-state index < -0.39 is 17.5 Å². The average molecular weight is 424 g/mol.